The van der Waals surface area contributed by atoms with Crippen LogP contribution in [0, 0.1) is 11.8 Å². The predicted octanol–water partition coefficient (Wildman–Crippen LogP) is 0.561. The molecule has 1 aliphatic carbocycles. The van der Waals surface area contributed by atoms with Gasteiger partial charge in [-0.1, -0.05) is 33.1 Å². The van der Waals surface area contributed by atoms with Gasteiger partial charge in [0.15, 0.2) is 17.9 Å². The van der Waals surface area contributed by atoms with Crippen molar-refractivity contribution in [3.05, 3.63) is 0 Å². The molecule has 1 saturated carbocycles. The molecule has 0 radical (unpaired) electrons. The molecule has 0 aromatic rings. The molecule has 4 unspecified atom stereocenters. The molecule has 0 spiro atoms. The number of aliphatic hydroxyl groups excluding tert-OH is 1. The summed E-state index contributed by atoms with van der Waals surface area (Å²) in [5, 5.41) is 14.4. The molecule has 33 heavy (non-hydrogen) atoms. The average molecular weight is 512 g/mol. The quantitative estimate of drug-likeness (QED) is 0.223. The second kappa shape index (κ2) is 13.8. The molecule has 1 fully saturated rings. The standard InChI is InChI=1S/C21H42N3O7PS/c1-13(2)10-17(24-21(27)19(22)14(3)33(4,30)31)20(26)23-12-16(25)11-18(32(28)29)15-8-6-5-7-9-15/h13-19,25,32H,5-12,22H2,1-4H3,(H,23,26)(H,24,27)(H,28,29)/t14?,16-,17+,18?,19?/m1/s1. The highest BCUT2D eigenvalue weighted by molar-refractivity contribution is 7.91. The summed E-state index contributed by atoms with van der Waals surface area (Å²) in [6.45, 7) is 4.96. The van der Waals surface area contributed by atoms with Crippen molar-refractivity contribution >= 4 is 29.7 Å². The van der Waals surface area contributed by atoms with E-state index in [0.29, 0.717) is 6.42 Å². The van der Waals surface area contributed by atoms with Gasteiger partial charge in [-0.2, -0.15) is 0 Å². The maximum Gasteiger partial charge on any atom is 0.242 e. The van der Waals surface area contributed by atoms with E-state index in [1.807, 2.05) is 13.8 Å². The summed E-state index contributed by atoms with van der Waals surface area (Å²) in [6.07, 6.45) is 5.30. The SMILES string of the molecule is CC(C)C[C@H](NC(=O)C(N)C(C)S(C)(=O)=O)C(=O)NC[C@H](O)CC(C1CCCCC1)[PH](=O)O. The summed E-state index contributed by atoms with van der Waals surface area (Å²) in [5.41, 5.74) is 5.31. The largest absolute Gasteiger partial charge is 0.391 e. The number of carbonyl (C=O) groups is 2. The smallest absolute Gasteiger partial charge is 0.242 e. The first-order valence-corrected chi connectivity index (χ1v) is 15.1. The second-order valence-corrected chi connectivity index (χ2v) is 13.5. The fourth-order valence-electron chi connectivity index (χ4n) is 4.20. The molecule has 10 nitrogen and oxygen atoms in total. The fraction of sp³-hybridized carbons (Fsp3) is 0.905. The van der Waals surface area contributed by atoms with Crippen LogP contribution in [-0.2, 0) is 24.0 Å². The summed E-state index contributed by atoms with van der Waals surface area (Å²) in [4.78, 5) is 35.0. The van der Waals surface area contributed by atoms with Crippen LogP contribution in [0.5, 0.6) is 0 Å². The molecule has 0 aliphatic heterocycles. The highest BCUT2D eigenvalue weighted by Gasteiger charge is 2.32. The van der Waals surface area contributed by atoms with Crippen molar-refractivity contribution in [1.29, 1.82) is 0 Å². The lowest BCUT2D eigenvalue weighted by Gasteiger charge is -2.30. The zero-order chi connectivity index (χ0) is 25.3. The maximum absolute atomic E-state index is 12.7. The van der Waals surface area contributed by atoms with E-state index in [1.165, 1.54) is 6.92 Å². The first kappa shape index (κ1) is 30.0. The zero-order valence-electron chi connectivity index (χ0n) is 20.1. The first-order chi connectivity index (χ1) is 15.2. The number of hydrogen-bond donors (Lipinski definition) is 5. The van der Waals surface area contributed by atoms with Gasteiger partial charge in [0.2, 0.25) is 11.8 Å². The monoisotopic (exact) mass is 511 g/mol. The molecule has 12 heteroatoms. The molecule has 1 aliphatic rings. The van der Waals surface area contributed by atoms with Gasteiger partial charge >= 0.3 is 0 Å². The number of amides is 2. The molecule has 6 N–H and O–H groups in total. The minimum Gasteiger partial charge on any atom is -0.391 e. The number of sulfone groups is 1. The Bertz CT molecular complexity index is 772. The first-order valence-electron chi connectivity index (χ1n) is 11.7. The molecule has 0 aromatic carbocycles. The molecule has 1 rings (SSSR count). The third-order valence-electron chi connectivity index (χ3n) is 6.40. The molecule has 2 amide bonds. The summed E-state index contributed by atoms with van der Waals surface area (Å²) < 4.78 is 35.3. The summed E-state index contributed by atoms with van der Waals surface area (Å²) in [7, 11) is -6.36. The van der Waals surface area contributed by atoms with Gasteiger partial charge in [0.1, 0.15) is 12.1 Å². The number of carbonyl (C=O) groups excluding carboxylic acids is 2. The van der Waals surface area contributed by atoms with Crippen LogP contribution < -0.4 is 16.4 Å². The third-order valence-corrected chi connectivity index (χ3v) is 9.38. The summed E-state index contributed by atoms with van der Waals surface area (Å²) in [6, 6.07) is -2.28. The summed E-state index contributed by atoms with van der Waals surface area (Å²) >= 11 is 0. The lowest BCUT2D eigenvalue weighted by atomic mass is 9.85. The molecule has 0 aromatic heterocycles. The van der Waals surface area contributed by atoms with Crippen molar-refractivity contribution in [2.75, 3.05) is 12.8 Å². The van der Waals surface area contributed by atoms with E-state index >= 15 is 0 Å². The predicted molar refractivity (Wildman–Crippen MR) is 129 cm³/mol. The van der Waals surface area contributed by atoms with Crippen LogP contribution in [0.25, 0.3) is 0 Å². The van der Waals surface area contributed by atoms with Gasteiger partial charge in [-0.3, -0.25) is 14.2 Å². The molecular weight excluding hydrogens is 469 g/mol. The van der Waals surface area contributed by atoms with E-state index in [0.717, 1.165) is 38.4 Å². The van der Waals surface area contributed by atoms with Crippen molar-refractivity contribution in [2.45, 2.75) is 94.8 Å². The Morgan fingerprint density at radius 3 is 2.15 bits per heavy atom. The average Bonchev–Trinajstić information content (AvgIpc) is 2.73. The van der Waals surface area contributed by atoms with Crippen LogP contribution in [-0.4, -0.2) is 72.1 Å². The Balaban J connectivity index is 2.71. The Labute approximate surface area is 198 Å². The molecule has 6 atom stereocenters. The lowest BCUT2D eigenvalue weighted by Crippen LogP contribution is -2.56. The molecule has 0 saturated heterocycles. The van der Waals surface area contributed by atoms with E-state index in [2.05, 4.69) is 10.6 Å². The number of rotatable bonds is 13. The van der Waals surface area contributed by atoms with Gasteiger partial charge in [0.05, 0.1) is 11.4 Å². The van der Waals surface area contributed by atoms with E-state index in [4.69, 9.17) is 5.73 Å². The zero-order valence-corrected chi connectivity index (χ0v) is 21.9. The molecule has 0 bridgehead atoms. The van der Waals surface area contributed by atoms with E-state index in [-0.39, 0.29) is 24.8 Å². The van der Waals surface area contributed by atoms with Crippen molar-refractivity contribution in [1.82, 2.24) is 10.6 Å². The van der Waals surface area contributed by atoms with Gasteiger partial charge in [-0.25, -0.2) is 8.42 Å². The van der Waals surface area contributed by atoms with Gasteiger partial charge in [0.25, 0.3) is 0 Å². The lowest BCUT2D eigenvalue weighted by molar-refractivity contribution is -0.130. The van der Waals surface area contributed by atoms with Crippen molar-refractivity contribution in [2.24, 2.45) is 17.6 Å². The van der Waals surface area contributed by atoms with E-state index in [1.54, 1.807) is 0 Å². The molecule has 0 heterocycles. The summed E-state index contributed by atoms with van der Waals surface area (Å²) in [5.74, 6) is -1.12. The van der Waals surface area contributed by atoms with Gasteiger partial charge < -0.3 is 26.4 Å². The minimum absolute atomic E-state index is 0.0465. The maximum atomic E-state index is 12.7. The van der Waals surface area contributed by atoms with Crippen LogP contribution in [0.1, 0.15) is 65.7 Å². The highest BCUT2D eigenvalue weighted by atomic mass is 32.2. The highest BCUT2D eigenvalue weighted by Crippen LogP contribution is 2.40. The van der Waals surface area contributed by atoms with Crippen molar-refractivity contribution in [3.63, 3.8) is 0 Å². The van der Waals surface area contributed by atoms with Crippen LogP contribution in [0.15, 0.2) is 0 Å². The molecule has 194 valence electrons. The number of hydrogen-bond acceptors (Lipinski definition) is 7. The van der Waals surface area contributed by atoms with Crippen LogP contribution in [0.4, 0.5) is 0 Å². The van der Waals surface area contributed by atoms with Gasteiger partial charge in [-0.05, 0) is 44.4 Å². The topological polar surface area (TPSA) is 176 Å². The molecular formula is C21H42N3O7PS. The third kappa shape index (κ3) is 10.4. The van der Waals surface area contributed by atoms with E-state index in [9.17, 15) is 32.6 Å². The van der Waals surface area contributed by atoms with Crippen molar-refractivity contribution < 1.29 is 32.6 Å². The number of nitrogens with two attached hydrogens (primary N) is 1. The van der Waals surface area contributed by atoms with E-state index < -0.39 is 58.8 Å². The fourth-order valence-corrected chi connectivity index (χ4v) is 6.07. The number of nitrogens with one attached hydrogen (secondary N) is 2. The minimum atomic E-state index is -3.54. The Morgan fingerprint density at radius 2 is 1.67 bits per heavy atom. The van der Waals surface area contributed by atoms with Crippen LogP contribution in [0.3, 0.4) is 0 Å². The van der Waals surface area contributed by atoms with Gasteiger partial charge in [0, 0.05) is 18.5 Å². The van der Waals surface area contributed by atoms with Gasteiger partial charge in [-0.15, -0.1) is 0 Å². The van der Waals surface area contributed by atoms with Crippen LogP contribution >= 0.6 is 8.03 Å². The second-order valence-electron chi connectivity index (χ2n) is 9.73. The normalized spacial score (nSPS) is 21.0. The van der Waals surface area contributed by atoms with Crippen molar-refractivity contribution in [3.8, 4) is 0 Å². The Morgan fingerprint density at radius 1 is 1.09 bits per heavy atom. The number of aliphatic hydroxyl groups is 1. The Hall–Kier alpha value is -1.00. The van der Waals surface area contributed by atoms with Crippen LogP contribution in [0.2, 0.25) is 0 Å². The Kier molecular flexibility index (Phi) is 12.5.